The van der Waals surface area contributed by atoms with Crippen LogP contribution in [0.4, 0.5) is 10.5 Å². The van der Waals surface area contributed by atoms with Gasteiger partial charge in [0, 0.05) is 55.5 Å². The summed E-state index contributed by atoms with van der Waals surface area (Å²) < 4.78 is 5.50. The number of hydrogen-bond donors (Lipinski definition) is 2. The van der Waals surface area contributed by atoms with Crippen LogP contribution in [-0.2, 0) is 6.42 Å². The molecule has 2 aromatic carbocycles. The van der Waals surface area contributed by atoms with Crippen LogP contribution < -0.4 is 15.0 Å². The van der Waals surface area contributed by atoms with Gasteiger partial charge >= 0.3 is 6.03 Å². The molecule has 2 amide bonds. The first-order valence-corrected chi connectivity index (χ1v) is 10.3. The second kappa shape index (κ2) is 8.90. The van der Waals surface area contributed by atoms with E-state index >= 15 is 0 Å². The summed E-state index contributed by atoms with van der Waals surface area (Å²) in [6.07, 6.45) is 2.86. The van der Waals surface area contributed by atoms with Gasteiger partial charge in [0.25, 0.3) is 0 Å². The molecule has 2 heterocycles. The number of piperazine rings is 1. The van der Waals surface area contributed by atoms with Crippen molar-refractivity contribution in [1.29, 1.82) is 0 Å². The zero-order valence-corrected chi connectivity index (χ0v) is 16.9. The molecule has 3 aromatic rings. The summed E-state index contributed by atoms with van der Waals surface area (Å²) in [6, 6.07) is 16.5. The van der Waals surface area contributed by atoms with Crippen LogP contribution in [-0.4, -0.2) is 55.2 Å². The van der Waals surface area contributed by atoms with E-state index in [1.54, 1.807) is 0 Å². The Balaban J connectivity index is 1.23. The van der Waals surface area contributed by atoms with E-state index in [9.17, 15) is 4.79 Å². The minimum Gasteiger partial charge on any atom is -0.494 e. The van der Waals surface area contributed by atoms with E-state index in [-0.39, 0.29) is 6.03 Å². The highest BCUT2D eigenvalue weighted by Crippen LogP contribution is 2.21. The van der Waals surface area contributed by atoms with Crippen molar-refractivity contribution in [3.05, 3.63) is 60.3 Å². The average Bonchev–Trinajstić information content (AvgIpc) is 3.18. The van der Waals surface area contributed by atoms with Crippen LogP contribution in [0.3, 0.4) is 0 Å². The summed E-state index contributed by atoms with van der Waals surface area (Å²) in [6.45, 7) is 6.43. The summed E-state index contributed by atoms with van der Waals surface area (Å²) in [7, 11) is 0. The van der Waals surface area contributed by atoms with E-state index in [1.807, 2.05) is 42.3 Å². The van der Waals surface area contributed by atoms with Crippen LogP contribution in [0.15, 0.2) is 54.7 Å². The van der Waals surface area contributed by atoms with Crippen LogP contribution in [0.25, 0.3) is 10.9 Å². The molecule has 152 valence electrons. The third kappa shape index (κ3) is 4.47. The van der Waals surface area contributed by atoms with Crippen LogP contribution >= 0.6 is 0 Å². The lowest BCUT2D eigenvalue weighted by atomic mass is 10.1. The number of carbonyl (C=O) groups excluding carboxylic acids is 1. The number of aromatic nitrogens is 1. The lowest BCUT2D eigenvalue weighted by Gasteiger charge is -2.36. The molecule has 0 saturated carbocycles. The molecule has 4 rings (SSSR count). The van der Waals surface area contributed by atoms with E-state index < -0.39 is 0 Å². The molecule has 0 aliphatic carbocycles. The molecular weight excluding hydrogens is 364 g/mol. The average molecular weight is 393 g/mol. The summed E-state index contributed by atoms with van der Waals surface area (Å²) in [5, 5.41) is 4.30. The predicted octanol–water partition coefficient (Wildman–Crippen LogP) is 3.64. The van der Waals surface area contributed by atoms with E-state index in [1.165, 1.54) is 16.6 Å². The Morgan fingerprint density at radius 3 is 2.59 bits per heavy atom. The molecule has 1 fully saturated rings. The lowest BCUT2D eigenvalue weighted by molar-refractivity contribution is 0.194. The molecule has 6 nitrogen and oxygen atoms in total. The number of ether oxygens (including phenoxy) is 1. The maximum atomic E-state index is 12.5. The molecule has 0 radical (unpaired) electrons. The van der Waals surface area contributed by atoms with E-state index in [0.29, 0.717) is 13.2 Å². The van der Waals surface area contributed by atoms with Crippen LogP contribution in [0.1, 0.15) is 12.5 Å². The number of para-hydroxylation sites is 1. The van der Waals surface area contributed by atoms with E-state index in [4.69, 9.17) is 4.74 Å². The fourth-order valence-electron chi connectivity index (χ4n) is 3.84. The SMILES string of the molecule is CCOc1ccc(N2CCN(C(=O)NCCc3c[nH]c4ccccc34)CC2)cc1. The number of nitrogens with zero attached hydrogens (tertiary/aromatic N) is 2. The number of carbonyl (C=O) groups is 1. The van der Waals surface area contributed by atoms with Crippen molar-refractivity contribution >= 4 is 22.6 Å². The molecule has 6 heteroatoms. The molecule has 1 aliphatic rings. The first-order valence-electron chi connectivity index (χ1n) is 10.3. The highest BCUT2D eigenvalue weighted by atomic mass is 16.5. The van der Waals surface area contributed by atoms with Gasteiger partial charge in [-0.05, 0) is 49.2 Å². The van der Waals surface area contributed by atoms with Crippen LogP contribution in [0, 0.1) is 0 Å². The van der Waals surface area contributed by atoms with Crippen molar-refractivity contribution in [3.8, 4) is 5.75 Å². The lowest BCUT2D eigenvalue weighted by Crippen LogP contribution is -2.52. The number of amides is 2. The molecular formula is C23H28N4O2. The number of fused-ring (bicyclic) bond motifs is 1. The number of anilines is 1. The molecule has 0 bridgehead atoms. The number of H-pyrrole nitrogens is 1. The molecule has 0 spiro atoms. The van der Waals surface area contributed by atoms with Crippen molar-refractivity contribution in [3.63, 3.8) is 0 Å². The normalized spacial score (nSPS) is 14.2. The first-order chi connectivity index (χ1) is 14.2. The monoisotopic (exact) mass is 392 g/mol. The standard InChI is InChI=1S/C23H28N4O2/c1-2-29-20-9-7-19(8-10-20)26-13-15-27(16-14-26)23(28)24-12-11-18-17-25-22-6-4-3-5-21(18)22/h3-10,17,25H,2,11-16H2,1H3,(H,24,28). The fraction of sp³-hybridized carbons (Fsp3) is 0.348. The highest BCUT2D eigenvalue weighted by Gasteiger charge is 2.21. The number of benzene rings is 2. The van der Waals surface area contributed by atoms with Gasteiger partial charge < -0.3 is 24.8 Å². The Morgan fingerprint density at radius 1 is 1.07 bits per heavy atom. The smallest absolute Gasteiger partial charge is 0.317 e. The Kier molecular flexibility index (Phi) is 5.89. The molecule has 0 unspecified atom stereocenters. The maximum absolute atomic E-state index is 12.5. The summed E-state index contributed by atoms with van der Waals surface area (Å²) in [4.78, 5) is 20.0. The van der Waals surface area contributed by atoms with Crippen molar-refractivity contribution in [2.75, 3.05) is 44.2 Å². The van der Waals surface area contributed by atoms with Gasteiger partial charge in [-0.1, -0.05) is 18.2 Å². The van der Waals surface area contributed by atoms with Crippen LogP contribution in [0.5, 0.6) is 5.75 Å². The fourth-order valence-corrected chi connectivity index (χ4v) is 3.84. The van der Waals surface area contributed by atoms with Crippen molar-refractivity contribution in [2.45, 2.75) is 13.3 Å². The highest BCUT2D eigenvalue weighted by molar-refractivity contribution is 5.83. The van der Waals surface area contributed by atoms with Gasteiger partial charge in [0.15, 0.2) is 0 Å². The Labute approximate surface area is 171 Å². The third-order valence-electron chi connectivity index (χ3n) is 5.43. The van der Waals surface area contributed by atoms with Gasteiger partial charge in [0.1, 0.15) is 5.75 Å². The van der Waals surface area contributed by atoms with E-state index in [0.717, 1.165) is 43.9 Å². The minimum atomic E-state index is 0.0242. The second-order valence-corrected chi connectivity index (χ2v) is 7.24. The van der Waals surface area contributed by atoms with Gasteiger partial charge in [-0.2, -0.15) is 0 Å². The molecule has 1 aliphatic heterocycles. The Morgan fingerprint density at radius 2 is 1.83 bits per heavy atom. The van der Waals surface area contributed by atoms with Gasteiger partial charge in [0.2, 0.25) is 0 Å². The van der Waals surface area contributed by atoms with Crippen molar-refractivity contribution < 1.29 is 9.53 Å². The van der Waals surface area contributed by atoms with E-state index in [2.05, 4.69) is 39.5 Å². The summed E-state index contributed by atoms with van der Waals surface area (Å²) in [5.41, 5.74) is 3.55. The molecule has 1 aromatic heterocycles. The minimum absolute atomic E-state index is 0.0242. The van der Waals surface area contributed by atoms with Crippen molar-refractivity contribution in [2.24, 2.45) is 0 Å². The largest absolute Gasteiger partial charge is 0.494 e. The maximum Gasteiger partial charge on any atom is 0.317 e. The molecule has 2 N–H and O–H groups in total. The molecule has 1 saturated heterocycles. The van der Waals surface area contributed by atoms with Crippen LogP contribution in [0.2, 0.25) is 0 Å². The topological polar surface area (TPSA) is 60.6 Å². The quantitative estimate of drug-likeness (QED) is 0.673. The first kappa shape index (κ1) is 19.2. The zero-order chi connectivity index (χ0) is 20.1. The van der Waals surface area contributed by atoms with Gasteiger partial charge in [-0.3, -0.25) is 0 Å². The number of hydrogen-bond acceptors (Lipinski definition) is 3. The van der Waals surface area contributed by atoms with Crippen molar-refractivity contribution in [1.82, 2.24) is 15.2 Å². The van der Waals surface area contributed by atoms with Gasteiger partial charge in [-0.25, -0.2) is 4.79 Å². The Bertz CT molecular complexity index is 943. The number of rotatable bonds is 6. The zero-order valence-electron chi connectivity index (χ0n) is 16.9. The molecule has 29 heavy (non-hydrogen) atoms. The summed E-state index contributed by atoms with van der Waals surface area (Å²) >= 11 is 0. The predicted molar refractivity (Wildman–Crippen MR) is 117 cm³/mol. The van der Waals surface area contributed by atoms with Gasteiger partial charge in [-0.15, -0.1) is 0 Å². The summed E-state index contributed by atoms with van der Waals surface area (Å²) in [5.74, 6) is 0.893. The second-order valence-electron chi connectivity index (χ2n) is 7.24. The number of nitrogens with one attached hydrogen (secondary N) is 2. The Hall–Kier alpha value is -3.15. The molecule has 0 atom stereocenters. The number of urea groups is 1. The number of aromatic amines is 1. The van der Waals surface area contributed by atoms with Gasteiger partial charge in [0.05, 0.1) is 6.61 Å². The third-order valence-corrected chi connectivity index (χ3v) is 5.43.